The monoisotopic (exact) mass is 384 g/mol. The van der Waals surface area contributed by atoms with Gasteiger partial charge < -0.3 is 9.42 Å². The molecule has 25 heavy (non-hydrogen) atoms. The van der Waals surface area contributed by atoms with E-state index in [9.17, 15) is 8.42 Å². The largest absolute Gasteiger partial charge is 0.324 e. The summed E-state index contributed by atoms with van der Waals surface area (Å²) < 4.78 is 31.8. The number of hydrogen-bond donors (Lipinski definition) is 1. The van der Waals surface area contributed by atoms with Crippen LogP contribution in [0.5, 0.6) is 0 Å². The van der Waals surface area contributed by atoms with Crippen LogP contribution in [0.15, 0.2) is 28.8 Å². The lowest BCUT2D eigenvalue weighted by molar-refractivity contribution is 0.387. The molecule has 2 heterocycles. The van der Waals surface area contributed by atoms with Crippen molar-refractivity contribution in [3.8, 4) is 11.4 Å². The molecule has 1 aliphatic rings. The fourth-order valence-electron chi connectivity index (χ4n) is 2.86. The number of sulfonamides is 1. The quantitative estimate of drug-likeness (QED) is 0.823. The van der Waals surface area contributed by atoms with Crippen LogP contribution in [0.1, 0.15) is 26.2 Å². The topological polar surface area (TPSA) is 88.3 Å². The lowest BCUT2D eigenvalue weighted by atomic mass is 10.1. The molecule has 1 aliphatic heterocycles. The summed E-state index contributed by atoms with van der Waals surface area (Å²) in [6, 6.07) is 7.69. The van der Waals surface area contributed by atoms with E-state index in [1.165, 1.54) is 0 Å². The molecular weight excluding hydrogens is 364 g/mol. The Bertz CT molecular complexity index is 816. The highest BCUT2D eigenvalue weighted by Crippen LogP contribution is 2.24. The van der Waals surface area contributed by atoms with Crippen LogP contribution in [-0.4, -0.2) is 43.4 Å². The number of benzene rings is 1. The number of anilines is 1. The summed E-state index contributed by atoms with van der Waals surface area (Å²) >= 11 is 5.99. The van der Waals surface area contributed by atoms with Gasteiger partial charge in [-0.3, -0.25) is 0 Å². The number of nitrogens with zero attached hydrogens (tertiary/aromatic N) is 3. The van der Waals surface area contributed by atoms with Crippen molar-refractivity contribution in [2.75, 3.05) is 23.7 Å². The second-order valence-corrected chi connectivity index (χ2v) is 8.42. The minimum absolute atomic E-state index is 0.0388. The van der Waals surface area contributed by atoms with Gasteiger partial charge in [-0.05, 0) is 31.4 Å². The number of rotatable bonds is 6. The maximum atomic E-state index is 11.9. The summed E-state index contributed by atoms with van der Waals surface area (Å²) in [6.45, 7) is 3.18. The van der Waals surface area contributed by atoms with Crippen molar-refractivity contribution < 1.29 is 12.9 Å². The van der Waals surface area contributed by atoms with Crippen molar-refractivity contribution in [1.29, 1.82) is 0 Å². The zero-order valence-corrected chi connectivity index (χ0v) is 15.6. The number of piperidine rings is 1. The molecule has 0 bridgehead atoms. The Balaban J connectivity index is 1.60. The highest BCUT2D eigenvalue weighted by atomic mass is 35.5. The molecule has 1 N–H and O–H groups in total. The van der Waals surface area contributed by atoms with Crippen molar-refractivity contribution >= 4 is 27.6 Å². The molecule has 1 saturated heterocycles. The Hall–Kier alpha value is -1.64. The molecule has 7 nitrogen and oxygen atoms in total. The van der Waals surface area contributed by atoms with E-state index < -0.39 is 10.0 Å². The van der Waals surface area contributed by atoms with Crippen LogP contribution >= 0.6 is 11.6 Å². The lowest BCUT2D eigenvalue weighted by Crippen LogP contribution is -2.45. The molecule has 1 fully saturated rings. The van der Waals surface area contributed by atoms with Crippen molar-refractivity contribution in [2.45, 2.75) is 32.2 Å². The Morgan fingerprint density at radius 3 is 2.80 bits per heavy atom. The van der Waals surface area contributed by atoms with Gasteiger partial charge in [0.2, 0.25) is 15.8 Å². The third kappa shape index (κ3) is 4.71. The molecule has 2 aromatic rings. The summed E-state index contributed by atoms with van der Waals surface area (Å²) in [4.78, 5) is 6.40. The third-order valence-corrected chi connectivity index (χ3v) is 5.96. The van der Waals surface area contributed by atoms with Crippen LogP contribution in [0.2, 0.25) is 5.02 Å². The van der Waals surface area contributed by atoms with E-state index in [2.05, 4.69) is 14.9 Å². The molecule has 0 unspecified atom stereocenters. The molecule has 0 atom stereocenters. The number of hydrogen-bond acceptors (Lipinski definition) is 6. The first-order valence-electron chi connectivity index (χ1n) is 8.31. The van der Waals surface area contributed by atoms with Gasteiger partial charge in [-0.25, -0.2) is 13.1 Å². The van der Waals surface area contributed by atoms with Gasteiger partial charge in [-0.2, -0.15) is 4.98 Å². The zero-order valence-electron chi connectivity index (χ0n) is 14.0. The number of aromatic nitrogens is 2. The van der Waals surface area contributed by atoms with Gasteiger partial charge in [0, 0.05) is 29.7 Å². The molecule has 3 rings (SSSR count). The minimum Gasteiger partial charge on any atom is -0.324 e. The predicted octanol–water partition coefficient (Wildman–Crippen LogP) is 2.69. The highest BCUT2D eigenvalue weighted by molar-refractivity contribution is 7.89. The van der Waals surface area contributed by atoms with Gasteiger partial charge in [-0.15, -0.1) is 0 Å². The molecule has 0 amide bonds. The van der Waals surface area contributed by atoms with E-state index >= 15 is 0 Å². The van der Waals surface area contributed by atoms with Gasteiger partial charge in [-0.1, -0.05) is 35.8 Å². The van der Waals surface area contributed by atoms with Gasteiger partial charge in [0.25, 0.3) is 0 Å². The summed E-state index contributed by atoms with van der Waals surface area (Å²) in [5.41, 5.74) is 0.796. The molecule has 136 valence electrons. The molecule has 0 saturated carbocycles. The van der Waals surface area contributed by atoms with Crippen molar-refractivity contribution in [3.05, 3.63) is 29.3 Å². The van der Waals surface area contributed by atoms with E-state index in [-0.39, 0.29) is 11.8 Å². The van der Waals surface area contributed by atoms with Crippen molar-refractivity contribution in [3.63, 3.8) is 0 Å². The van der Waals surface area contributed by atoms with Crippen LogP contribution < -0.4 is 9.62 Å². The average molecular weight is 385 g/mol. The number of halogens is 1. The van der Waals surface area contributed by atoms with E-state index in [0.717, 1.165) is 5.56 Å². The molecule has 9 heteroatoms. The van der Waals surface area contributed by atoms with E-state index in [1.807, 2.05) is 24.0 Å². The molecule has 0 spiro atoms. The summed E-state index contributed by atoms with van der Waals surface area (Å²) in [7, 11) is -3.18. The van der Waals surface area contributed by atoms with Crippen LogP contribution in [-0.2, 0) is 10.0 Å². The van der Waals surface area contributed by atoms with Crippen LogP contribution in [0.25, 0.3) is 11.4 Å². The smallest absolute Gasteiger partial charge is 0.324 e. The highest BCUT2D eigenvalue weighted by Gasteiger charge is 2.26. The maximum Gasteiger partial charge on any atom is 0.324 e. The molecular formula is C16H21ClN4O3S. The first-order valence-corrected chi connectivity index (χ1v) is 10.3. The van der Waals surface area contributed by atoms with Gasteiger partial charge in [0.15, 0.2) is 0 Å². The molecule has 1 aromatic carbocycles. The van der Waals surface area contributed by atoms with Crippen molar-refractivity contribution in [2.24, 2.45) is 0 Å². The van der Waals surface area contributed by atoms with E-state index in [4.69, 9.17) is 16.1 Å². The average Bonchev–Trinajstić information content (AvgIpc) is 3.05. The predicted molar refractivity (Wildman–Crippen MR) is 97.2 cm³/mol. The maximum absolute atomic E-state index is 11.9. The van der Waals surface area contributed by atoms with Gasteiger partial charge in [0.05, 0.1) is 5.75 Å². The van der Waals surface area contributed by atoms with Crippen LogP contribution in [0, 0.1) is 0 Å². The summed E-state index contributed by atoms with van der Waals surface area (Å²) in [5.74, 6) is 0.656. The number of nitrogens with one attached hydrogen (secondary N) is 1. The standard InChI is InChI=1S/C16H21ClN4O3S/c1-2-10-25(22,23)20-14-6-8-21(9-7-14)16-18-15(19-24-16)12-4-3-5-13(17)11-12/h3-5,11,14,20H,2,6-10H2,1H3. The van der Waals surface area contributed by atoms with E-state index in [0.29, 0.717) is 49.2 Å². The SMILES string of the molecule is CCCS(=O)(=O)NC1CCN(c2nc(-c3cccc(Cl)c3)no2)CC1. The normalized spacial score (nSPS) is 16.3. The van der Waals surface area contributed by atoms with Crippen LogP contribution in [0.3, 0.4) is 0 Å². The third-order valence-electron chi connectivity index (χ3n) is 4.08. The lowest BCUT2D eigenvalue weighted by Gasteiger charge is -2.30. The van der Waals surface area contributed by atoms with E-state index in [1.54, 1.807) is 12.1 Å². The Morgan fingerprint density at radius 1 is 1.36 bits per heavy atom. The Labute approximate surface area is 152 Å². The second-order valence-electron chi connectivity index (χ2n) is 6.11. The summed E-state index contributed by atoms with van der Waals surface area (Å²) in [6.07, 6.45) is 2.03. The Kier molecular flexibility index (Phi) is 5.61. The first kappa shape index (κ1) is 18.2. The van der Waals surface area contributed by atoms with Gasteiger partial charge >= 0.3 is 6.01 Å². The fourth-order valence-corrected chi connectivity index (χ4v) is 4.45. The minimum atomic E-state index is -3.18. The fraction of sp³-hybridized carbons (Fsp3) is 0.500. The summed E-state index contributed by atoms with van der Waals surface area (Å²) in [5, 5.41) is 4.62. The van der Waals surface area contributed by atoms with Crippen LogP contribution in [0.4, 0.5) is 6.01 Å². The molecule has 0 radical (unpaired) electrons. The second kappa shape index (κ2) is 7.72. The molecule has 1 aromatic heterocycles. The zero-order chi connectivity index (χ0) is 17.9. The first-order chi connectivity index (χ1) is 12.0. The van der Waals surface area contributed by atoms with Crippen molar-refractivity contribution in [1.82, 2.24) is 14.9 Å². The van der Waals surface area contributed by atoms with Gasteiger partial charge in [0.1, 0.15) is 0 Å². The Morgan fingerprint density at radius 2 is 2.12 bits per heavy atom. The molecule has 0 aliphatic carbocycles.